The third-order valence-corrected chi connectivity index (χ3v) is 2.76. The molecule has 0 amide bonds. The Morgan fingerprint density at radius 2 is 1.75 bits per heavy atom. The fraction of sp³-hybridized carbons (Fsp3) is 0. The highest BCUT2D eigenvalue weighted by atomic mass is 32.1. The van der Waals surface area contributed by atoms with Crippen LogP contribution in [-0.2, 0) is 0 Å². The first-order valence-electron chi connectivity index (χ1n) is 4.88. The number of nitrogens with zero attached hydrogens (tertiary/aromatic N) is 2. The van der Waals surface area contributed by atoms with Gasteiger partial charge in [0.05, 0.1) is 11.7 Å². The highest BCUT2D eigenvalue weighted by molar-refractivity contribution is 7.00. The summed E-state index contributed by atoms with van der Waals surface area (Å²) >= 11 is 1.20. The summed E-state index contributed by atoms with van der Waals surface area (Å²) in [5.41, 5.74) is 1.69. The molecule has 2 aromatic carbocycles. The summed E-state index contributed by atoms with van der Waals surface area (Å²) in [7, 11) is 0. The maximum absolute atomic E-state index is 5.75. The molecule has 1 heterocycles. The Hall–Kier alpha value is -1.94. The Bertz CT molecular complexity index is 606. The summed E-state index contributed by atoms with van der Waals surface area (Å²) in [6, 6.07) is 15.4. The Morgan fingerprint density at radius 3 is 2.62 bits per heavy atom. The van der Waals surface area contributed by atoms with Crippen LogP contribution in [-0.4, -0.2) is 8.75 Å². The van der Waals surface area contributed by atoms with E-state index in [9.17, 15) is 0 Å². The van der Waals surface area contributed by atoms with E-state index in [-0.39, 0.29) is 0 Å². The van der Waals surface area contributed by atoms with Crippen molar-refractivity contribution in [1.29, 1.82) is 0 Å². The van der Waals surface area contributed by atoms with E-state index in [1.807, 2.05) is 48.5 Å². The van der Waals surface area contributed by atoms with Crippen LogP contribution < -0.4 is 4.74 Å². The summed E-state index contributed by atoms with van der Waals surface area (Å²) < 4.78 is 14.1. The van der Waals surface area contributed by atoms with Crippen LogP contribution in [0.1, 0.15) is 0 Å². The second kappa shape index (κ2) is 3.90. The number of fused-ring (bicyclic) bond motifs is 1. The monoisotopic (exact) mass is 228 g/mol. The van der Waals surface area contributed by atoms with Gasteiger partial charge in [0.15, 0.2) is 5.75 Å². The van der Waals surface area contributed by atoms with E-state index in [4.69, 9.17) is 4.74 Å². The number of hydrogen-bond acceptors (Lipinski definition) is 4. The molecule has 3 nitrogen and oxygen atoms in total. The standard InChI is InChI=1S/C12H8N2OS/c1-2-5-9(6-3-1)15-11-8-4-7-10-12(11)14-16-13-10/h1-8H. The fourth-order valence-electron chi connectivity index (χ4n) is 1.48. The molecule has 0 aliphatic carbocycles. The average molecular weight is 228 g/mol. The molecule has 0 saturated heterocycles. The minimum Gasteiger partial charge on any atom is -0.455 e. The molecule has 0 N–H and O–H groups in total. The van der Waals surface area contributed by atoms with Crippen LogP contribution in [0.15, 0.2) is 48.5 Å². The zero-order valence-corrected chi connectivity index (χ0v) is 9.15. The van der Waals surface area contributed by atoms with Gasteiger partial charge in [-0.05, 0) is 24.3 Å². The molecule has 1 aromatic heterocycles. The van der Waals surface area contributed by atoms with Gasteiger partial charge < -0.3 is 4.74 Å². The van der Waals surface area contributed by atoms with Crippen molar-refractivity contribution < 1.29 is 4.74 Å². The third-order valence-electron chi connectivity index (χ3n) is 2.22. The molecule has 78 valence electrons. The third kappa shape index (κ3) is 1.63. The van der Waals surface area contributed by atoms with Crippen molar-refractivity contribution >= 4 is 22.8 Å². The van der Waals surface area contributed by atoms with Crippen LogP contribution in [0.25, 0.3) is 11.0 Å². The first-order valence-corrected chi connectivity index (χ1v) is 5.61. The molecule has 0 bridgehead atoms. The van der Waals surface area contributed by atoms with Gasteiger partial charge >= 0.3 is 0 Å². The Balaban J connectivity index is 2.04. The Labute approximate surface area is 96.6 Å². The molecule has 4 heteroatoms. The normalized spacial score (nSPS) is 10.5. The highest BCUT2D eigenvalue weighted by Crippen LogP contribution is 2.28. The van der Waals surface area contributed by atoms with Gasteiger partial charge in [-0.25, -0.2) is 0 Å². The van der Waals surface area contributed by atoms with Crippen molar-refractivity contribution in [3.8, 4) is 11.5 Å². The van der Waals surface area contributed by atoms with Gasteiger partial charge in [0, 0.05) is 0 Å². The van der Waals surface area contributed by atoms with Gasteiger partial charge in [-0.1, -0.05) is 24.3 Å². The molecule has 0 radical (unpaired) electrons. The fourth-order valence-corrected chi connectivity index (χ4v) is 2.02. The van der Waals surface area contributed by atoms with Gasteiger partial charge in [0.25, 0.3) is 0 Å². The van der Waals surface area contributed by atoms with Crippen LogP contribution >= 0.6 is 11.7 Å². The van der Waals surface area contributed by atoms with E-state index in [1.54, 1.807) is 0 Å². The van der Waals surface area contributed by atoms with Crippen molar-refractivity contribution in [2.75, 3.05) is 0 Å². The molecule has 0 saturated carbocycles. The molecular formula is C12H8N2OS. The Kier molecular flexibility index (Phi) is 2.27. The van der Waals surface area contributed by atoms with Gasteiger partial charge in [0.1, 0.15) is 16.8 Å². The predicted molar refractivity (Wildman–Crippen MR) is 63.9 cm³/mol. The van der Waals surface area contributed by atoms with Crippen LogP contribution in [0.3, 0.4) is 0 Å². The van der Waals surface area contributed by atoms with Crippen LogP contribution in [0.5, 0.6) is 11.5 Å². The maximum Gasteiger partial charge on any atom is 0.156 e. The molecule has 16 heavy (non-hydrogen) atoms. The topological polar surface area (TPSA) is 35.0 Å². The van der Waals surface area contributed by atoms with Crippen LogP contribution in [0, 0.1) is 0 Å². The first kappa shape index (κ1) is 9.30. The maximum atomic E-state index is 5.75. The minimum absolute atomic E-state index is 0.748. The van der Waals surface area contributed by atoms with E-state index in [0.29, 0.717) is 0 Å². The number of para-hydroxylation sites is 1. The lowest BCUT2D eigenvalue weighted by Crippen LogP contribution is -1.84. The molecule has 0 unspecified atom stereocenters. The average Bonchev–Trinajstić information content (AvgIpc) is 2.80. The van der Waals surface area contributed by atoms with Crippen molar-refractivity contribution in [2.45, 2.75) is 0 Å². The summed E-state index contributed by atoms with van der Waals surface area (Å²) in [5.74, 6) is 1.56. The molecular weight excluding hydrogens is 220 g/mol. The number of ether oxygens (including phenoxy) is 1. The van der Waals surface area contributed by atoms with Gasteiger partial charge in [-0.2, -0.15) is 8.75 Å². The summed E-state index contributed by atoms with van der Waals surface area (Å²) in [6.45, 7) is 0. The lowest BCUT2D eigenvalue weighted by Gasteiger charge is -2.04. The number of rotatable bonds is 2. The van der Waals surface area contributed by atoms with Gasteiger partial charge in [0.2, 0.25) is 0 Å². The van der Waals surface area contributed by atoms with Crippen LogP contribution in [0.4, 0.5) is 0 Å². The zero-order valence-electron chi connectivity index (χ0n) is 8.33. The summed E-state index contributed by atoms with van der Waals surface area (Å²) in [6.07, 6.45) is 0. The van der Waals surface area contributed by atoms with E-state index in [2.05, 4.69) is 8.75 Å². The number of aromatic nitrogens is 2. The molecule has 0 aliphatic heterocycles. The van der Waals surface area contributed by atoms with E-state index >= 15 is 0 Å². The van der Waals surface area contributed by atoms with E-state index in [0.717, 1.165) is 22.5 Å². The first-order chi connectivity index (χ1) is 7.93. The molecule has 0 spiro atoms. The van der Waals surface area contributed by atoms with E-state index in [1.165, 1.54) is 11.7 Å². The van der Waals surface area contributed by atoms with Crippen molar-refractivity contribution in [3.05, 3.63) is 48.5 Å². The van der Waals surface area contributed by atoms with Gasteiger partial charge in [-0.15, -0.1) is 0 Å². The summed E-state index contributed by atoms with van der Waals surface area (Å²) in [5, 5.41) is 0. The zero-order chi connectivity index (χ0) is 10.8. The number of benzene rings is 2. The van der Waals surface area contributed by atoms with Crippen molar-refractivity contribution in [2.24, 2.45) is 0 Å². The SMILES string of the molecule is c1ccc(Oc2cccc3nsnc23)cc1. The van der Waals surface area contributed by atoms with Gasteiger partial charge in [-0.3, -0.25) is 0 Å². The second-order valence-corrected chi connectivity index (χ2v) is 3.83. The van der Waals surface area contributed by atoms with Crippen molar-refractivity contribution in [1.82, 2.24) is 8.75 Å². The smallest absolute Gasteiger partial charge is 0.156 e. The molecule has 0 atom stereocenters. The minimum atomic E-state index is 0.748. The largest absolute Gasteiger partial charge is 0.455 e. The summed E-state index contributed by atoms with van der Waals surface area (Å²) in [4.78, 5) is 0. The van der Waals surface area contributed by atoms with E-state index < -0.39 is 0 Å². The predicted octanol–water partition coefficient (Wildman–Crippen LogP) is 3.48. The highest BCUT2D eigenvalue weighted by Gasteiger charge is 2.06. The Morgan fingerprint density at radius 1 is 0.875 bits per heavy atom. The quantitative estimate of drug-likeness (QED) is 0.673. The second-order valence-electron chi connectivity index (χ2n) is 3.30. The molecule has 0 fully saturated rings. The molecule has 3 rings (SSSR count). The lowest BCUT2D eigenvalue weighted by molar-refractivity contribution is 0.487. The van der Waals surface area contributed by atoms with Crippen molar-refractivity contribution in [3.63, 3.8) is 0 Å². The number of hydrogen-bond donors (Lipinski definition) is 0. The molecule has 0 aliphatic rings. The lowest BCUT2D eigenvalue weighted by atomic mass is 10.3. The van der Waals surface area contributed by atoms with Crippen LogP contribution in [0.2, 0.25) is 0 Å². The molecule has 3 aromatic rings.